The zero-order valence-electron chi connectivity index (χ0n) is 14.6. The third-order valence-electron chi connectivity index (χ3n) is 3.97. The van der Waals surface area contributed by atoms with Crippen molar-refractivity contribution in [3.63, 3.8) is 0 Å². The van der Waals surface area contributed by atoms with Crippen LogP contribution < -0.4 is 10.1 Å². The predicted molar refractivity (Wildman–Crippen MR) is 95.3 cm³/mol. The van der Waals surface area contributed by atoms with E-state index in [2.05, 4.69) is 5.32 Å². The Bertz CT molecular complexity index is 690. The number of carbonyl (C=O) groups is 1. The van der Waals surface area contributed by atoms with Crippen molar-refractivity contribution in [3.05, 3.63) is 29.8 Å². The lowest BCUT2D eigenvalue weighted by Gasteiger charge is -2.26. The normalized spacial score (nSPS) is 20.0. The van der Waals surface area contributed by atoms with Gasteiger partial charge in [0, 0.05) is 18.2 Å². The zero-order chi connectivity index (χ0) is 18.4. The number of hydrogen-bond acceptors (Lipinski definition) is 5. The molecule has 0 aliphatic carbocycles. The molecule has 1 aromatic rings. The van der Waals surface area contributed by atoms with Gasteiger partial charge in [0.15, 0.2) is 9.84 Å². The van der Waals surface area contributed by atoms with Crippen LogP contribution >= 0.6 is 0 Å². The highest BCUT2D eigenvalue weighted by Crippen LogP contribution is 2.20. The van der Waals surface area contributed by atoms with E-state index in [1.54, 1.807) is 6.92 Å². The van der Waals surface area contributed by atoms with Gasteiger partial charge in [-0.1, -0.05) is 18.2 Å². The fraction of sp³-hybridized carbons (Fsp3) is 0.588. The van der Waals surface area contributed by atoms with Gasteiger partial charge in [-0.05, 0) is 26.3 Å². The number of benzene rings is 1. The summed E-state index contributed by atoms with van der Waals surface area (Å²) in [6.45, 7) is 4.42. The Hall–Kier alpha value is -1.80. The summed E-state index contributed by atoms with van der Waals surface area (Å²) in [5.41, 5.74) is 0.833. The lowest BCUT2D eigenvalue weighted by molar-refractivity contribution is 0.128. The molecule has 0 aromatic heterocycles. The van der Waals surface area contributed by atoms with Crippen molar-refractivity contribution in [2.45, 2.75) is 39.0 Å². The largest absolute Gasteiger partial charge is 0.494 e. The monoisotopic (exact) mass is 370 g/mol. The number of rotatable bonds is 7. The Labute approximate surface area is 148 Å². The van der Waals surface area contributed by atoms with Crippen molar-refractivity contribution in [1.82, 2.24) is 10.2 Å². The van der Waals surface area contributed by atoms with E-state index in [1.165, 1.54) is 4.90 Å². The number of nitrogens with one attached hydrogen (secondary N) is 1. The SMILES string of the molecule is CCOc1ccccc1CN(C[C@H](C)O)C(=O)N[C@@H]1CCS(=O)(=O)C1. The van der Waals surface area contributed by atoms with Crippen LogP contribution in [0.4, 0.5) is 4.79 Å². The van der Waals surface area contributed by atoms with Gasteiger partial charge in [0.25, 0.3) is 0 Å². The van der Waals surface area contributed by atoms with Gasteiger partial charge in [0.2, 0.25) is 0 Å². The van der Waals surface area contributed by atoms with Crippen molar-refractivity contribution >= 4 is 15.9 Å². The van der Waals surface area contributed by atoms with E-state index in [9.17, 15) is 18.3 Å². The second-order valence-electron chi connectivity index (χ2n) is 6.32. The fourth-order valence-corrected chi connectivity index (χ4v) is 4.52. The molecule has 0 bridgehead atoms. The van der Waals surface area contributed by atoms with Gasteiger partial charge >= 0.3 is 6.03 Å². The topological polar surface area (TPSA) is 95.9 Å². The fourth-order valence-electron chi connectivity index (χ4n) is 2.85. The maximum absolute atomic E-state index is 12.6. The predicted octanol–water partition coefficient (Wildman–Crippen LogP) is 1.16. The number of para-hydroxylation sites is 1. The van der Waals surface area contributed by atoms with Crippen LogP contribution in [-0.2, 0) is 16.4 Å². The summed E-state index contributed by atoms with van der Waals surface area (Å²) in [6, 6.07) is 6.66. The number of hydrogen-bond donors (Lipinski definition) is 2. The molecule has 1 heterocycles. The minimum atomic E-state index is -3.07. The first-order valence-corrected chi connectivity index (χ1v) is 10.3. The highest BCUT2D eigenvalue weighted by atomic mass is 32.2. The number of ether oxygens (including phenoxy) is 1. The van der Waals surface area contributed by atoms with E-state index >= 15 is 0 Å². The molecule has 0 saturated carbocycles. The number of aliphatic hydroxyl groups excluding tert-OH is 1. The minimum absolute atomic E-state index is 0.0310. The zero-order valence-corrected chi connectivity index (χ0v) is 15.5. The maximum Gasteiger partial charge on any atom is 0.318 e. The smallest absolute Gasteiger partial charge is 0.318 e. The van der Waals surface area contributed by atoms with Gasteiger partial charge in [-0.15, -0.1) is 0 Å². The van der Waals surface area contributed by atoms with Gasteiger partial charge in [-0.2, -0.15) is 0 Å². The summed E-state index contributed by atoms with van der Waals surface area (Å²) in [7, 11) is -3.07. The van der Waals surface area contributed by atoms with Gasteiger partial charge in [-0.25, -0.2) is 13.2 Å². The number of aliphatic hydroxyl groups is 1. The highest BCUT2D eigenvalue weighted by molar-refractivity contribution is 7.91. The minimum Gasteiger partial charge on any atom is -0.494 e. The molecule has 1 aliphatic heterocycles. The van der Waals surface area contributed by atoms with E-state index < -0.39 is 15.9 Å². The quantitative estimate of drug-likeness (QED) is 0.751. The molecule has 0 unspecified atom stereocenters. The Morgan fingerprint density at radius 2 is 2.16 bits per heavy atom. The summed E-state index contributed by atoms with van der Waals surface area (Å²) in [4.78, 5) is 14.1. The number of urea groups is 1. The molecule has 25 heavy (non-hydrogen) atoms. The van der Waals surface area contributed by atoms with Gasteiger partial charge < -0.3 is 20.1 Å². The molecule has 2 rings (SSSR count). The van der Waals surface area contributed by atoms with Gasteiger partial charge in [-0.3, -0.25) is 0 Å². The van der Waals surface area contributed by atoms with Crippen molar-refractivity contribution in [2.24, 2.45) is 0 Å². The molecule has 8 heteroatoms. The van der Waals surface area contributed by atoms with Crippen LogP contribution in [0.2, 0.25) is 0 Å². The molecular formula is C17H26N2O5S. The van der Waals surface area contributed by atoms with E-state index in [1.807, 2.05) is 31.2 Å². The van der Waals surface area contributed by atoms with E-state index in [0.717, 1.165) is 5.56 Å². The molecule has 140 valence electrons. The van der Waals surface area contributed by atoms with Crippen molar-refractivity contribution < 1.29 is 23.1 Å². The summed E-state index contributed by atoms with van der Waals surface area (Å²) < 4.78 is 28.7. The molecule has 0 radical (unpaired) electrons. The molecule has 2 amide bonds. The molecule has 0 spiro atoms. The Morgan fingerprint density at radius 3 is 2.76 bits per heavy atom. The standard InChI is InChI=1S/C17H26N2O5S/c1-3-24-16-7-5-4-6-14(16)11-19(10-13(2)20)17(21)18-15-8-9-25(22,23)12-15/h4-7,13,15,20H,3,8-12H2,1-2H3,(H,18,21)/t13-,15+/m0/s1. The molecule has 7 nitrogen and oxygen atoms in total. The molecule has 1 saturated heterocycles. The van der Waals surface area contributed by atoms with Crippen LogP contribution in [0, 0.1) is 0 Å². The maximum atomic E-state index is 12.6. The number of sulfone groups is 1. The second-order valence-corrected chi connectivity index (χ2v) is 8.55. The first kappa shape index (κ1) is 19.5. The lowest BCUT2D eigenvalue weighted by Crippen LogP contribution is -2.47. The Morgan fingerprint density at radius 1 is 1.44 bits per heavy atom. The summed E-state index contributed by atoms with van der Waals surface area (Å²) in [6.07, 6.45) is -0.274. The third kappa shape index (κ3) is 5.89. The first-order chi connectivity index (χ1) is 11.8. The number of carbonyl (C=O) groups excluding carboxylic acids is 1. The van der Waals surface area contributed by atoms with Crippen molar-refractivity contribution in [3.8, 4) is 5.75 Å². The van der Waals surface area contributed by atoms with Crippen LogP contribution in [-0.4, -0.2) is 61.3 Å². The average molecular weight is 370 g/mol. The van der Waals surface area contributed by atoms with Crippen molar-refractivity contribution in [2.75, 3.05) is 24.7 Å². The van der Waals surface area contributed by atoms with Crippen molar-refractivity contribution in [1.29, 1.82) is 0 Å². The van der Waals surface area contributed by atoms with Crippen LogP contribution in [0.3, 0.4) is 0 Å². The first-order valence-electron chi connectivity index (χ1n) is 8.45. The van der Waals surface area contributed by atoms with Crippen LogP contribution in [0.5, 0.6) is 5.75 Å². The molecule has 2 N–H and O–H groups in total. The third-order valence-corrected chi connectivity index (χ3v) is 5.73. The number of nitrogens with zero attached hydrogens (tertiary/aromatic N) is 1. The van der Waals surface area contributed by atoms with E-state index in [0.29, 0.717) is 18.8 Å². The van der Waals surface area contributed by atoms with Crippen LogP contribution in [0.25, 0.3) is 0 Å². The molecular weight excluding hydrogens is 344 g/mol. The average Bonchev–Trinajstić information content (AvgIpc) is 2.87. The van der Waals surface area contributed by atoms with Crippen LogP contribution in [0.1, 0.15) is 25.8 Å². The van der Waals surface area contributed by atoms with E-state index in [-0.39, 0.29) is 36.7 Å². The summed E-state index contributed by atoms with van der Waals surface area (Å²) in [5, 5.41) is 12.5. The van der Waals surface area contributed by atoms with E-state index in [4.69, 9.17) is 4.74 Å². The molecule has 1 fully saturated rings. The Balaban J connectivity index is 2.09. The summed E-state index contributed by atoms with van der Waals surface area (Å²) in [5.74, 6) is 0.759. The molecule has 1 aromatic carbocycles. The lowest BCUT2D eigenvalue weighted by atomic mass is 10.2. The Kier molecular flexibility index (Phi) is 6.66. The second kappa shape index (κ2) is 8.53. The van der Waals surface area contributed by atoms with Gasteiger partial charge in [0.1, 0.15) is 5.75 Å². The van der Waals surface area contributed by atoms with Gasteiger partial charge in [0.05, 0.1) is 30.8 Å². The highest BCUT2D eigenvalue weighted by Gasteiger charge is 2.30. The molecule has 2 atom stereocenters. The number of amides is 2. The summed E-state index contributed by atoms with van der Waals surface area (Å²) >= 11 is 0. The van der Waals surface area contributed by atoms with Crippen LogP contribution in [0.15, 0.2) is 24.3 Å². The molecule has 1 aliphatic rings.